The Labute approximate surface area is 462 Å². The van der Waals surface area contributed by atoms with E-state index < -0.39 is 0 Å². The summed E-state index contributed by atoms with van der Waals surface area (Å²) >= 11 is 0. The fourth-order valence-electron chi connectivity index (χ4n) is 10.9. The first-order valence-corrected chi connectivity index (χ1v) is 28.1. The van der Waals surface area contributed by atoms with Crippen molar-refractivity contribution in [3.05, 3.63) is 173 Å². The number of benzene rings is 6. The van der Waals surface area contributed by atoms with Gasteiger partial charge in [0.1, 0.15) is 47.7 Å². The lowest BCUT2D eigenvalue weighted by Crippen LogP contribution is -2.18. The van der Waals surface area contributed by atoms with Gasteiger partial charge in [-0.3, -0.25) is 0 Å². The molecular formula is C70H90O7. The van der Waals surface area contributed by atoms with Gasteiger partial charge in [0.05, 0.1) is 13.2 Å². The second kappa shape index (κ2) is 20.7. The van der Waals surface area contributed by atoms with E-state index in [1.807, 2.05) is 0 Å². The fraction of sp³-hybridized carbons (Fsp3) is 0.486. The molecule has 0 saturated heterocycles. The van der Waals surface area contributed by atoms with Gasteiger partial charge >= 0.3 is 0 Å². The second-order valence-corrected chi connectivity index (χ2v) is 28.7. The Balaban J connectivity index is 1.51. The number of hydrogen-bond acceptors (Lipinski definition) is 7. The molecule has 0 radical (unpaired) electrons. The molecule has 77 heavy (non-hydrogen) atoms. The van der Waals surface area contributed by atoms with E-state index >= 15 is 0 Å². The summed E-state index contributed by atoms with van der Waals surface area (Å²) in [6, 6.07) is 26.0. The van der Waals surface area contributed by atoms with E-state index in [9.17, 15) is 20.4 Å². The third-order valence-electron chi connectivity index (χ3n) is 16.0. The largest absolute Gasteiger partial charge is 0.507 e. The molecular weight excluding hydrogens is 953 g/mol. The van der Waals surface area contributed by atoms with Crippen molar-refractivity contribution in [1.29, 1.82) is 0 Å². The summed E-state index contributed by atoms with van der Waals surface area (Å²) in [5.41, 5.74) is 14.7. The summed E-state index contributed by atoms with van der Waals surface area (Å²) in [4.78, 5) is 0. The minimum Gasteiger partial charge on any atom is -0.507 e. The molecule has 3 aliphatic rings. The van der Waals surface area contributed by atoms with E-state index in [1.54, 1.807) is 0 Å². The molecule has 0 unspecified atom stereocenters. The molecule has 412 valence electrons. The van der Waals surface area contributed by atoms with Crippen molar-refractivity contribution >= 4 is 0 Å². The van der Waals surface area contributed by atoms with Crippen molar-refractivity contribution in [2.45, 2.75) is 196 Å². The van der Waals surface area contributed by atoms with Gasteiger partial charge in [0, 0.05) is 38.5 Å². The molecule has 0 saturated carbocycles. The van der Waals surface area contributed by atoms with Gasteiger partial charge in [-0.2, -0.15) is 0 Å². The van der Waals surface area contributed by atoms with Crippen molar-refractivity contribution < 1.29 is 34.6 Å². The van der Waals surface area contributed by atoms with Gasteiger partial charge in [-0.1, -0.05) is 197 Å². The molecule has 4 N–H and O–H groups in total. The molecule has 2 aliphatic heterocycles. The average Bonchev–Trinajstić information content (AvgIpc) is 3.33. The Morgan fingerprint density at radius 3 is 0.571 bits per heavy atom. The summed E-state index contributed by atoms with van der Waals surface area (Å²) < 4.78 is 20.3. The van der Waals surface area contributed by atoms with Gasteiger partial charge in [-0.25, -0.2) is 0 Å². The van der Waals surface area contributed by atoms with Gasteiger partial charge in [-0.05, 0) is 133 Å². The number of ether oxygens (including phenoxy) is 3. The number of hydrogen-bond donors (Lipinski definition) is 4. The maximum atomic E-state index is 12.8. The van der Waals surface area contributed by atoms with Crippen LogP contribution >= 0.6 is 0 Å². The van der Waals surface area contributed by atoms with E-state index in [0.29, 0.717) is 50.0 Å². The monoisotopic (exact) mass is 1040 g/mol. The summed E-state index contributed by atoms with van der Waals surface area (Å²) in [5, 5.41) is 51.0. The topological polar surface area (TPSA) is 109 Å². The van der Waals surface area contributed by atoms with Crippen LogP contribution in [0.15, 0.2) is 72.8 Å². The van der Waals surface area contributed by atoms with Crippen LogP contribution in [0.4, 0.5) is 0 Å². The Kier molecular flexibility index (Phi) is 15.4. The number of fused-ring (bicyclic) bond motifs is 6. The molecule has 7 heteroatoms. The smallest absolute Gasteiger partial charge is 0.126 e. The van der Waals surface area contributed by atoms with Crippen LogP contribution in [0.1, 0.15) is 225 Å². The van der Waals surface area contributed by atoms with E-state index in [-0.39, 0.29) is 81.5 Å². The first kappa shape index (κ1) is 57.3. The maximum Gasteiger partial charge on any atom is 0.126 e. The van der Waals surface area contributed by atoms with Crippen LogP contribution in [-0.4, -0.2) is 46.9 Å². The Morgan fingerprint density at radius 1 is 0.247 bits per heavy atom. The molecule has 9 rings (SSSR count). The first-order valence-electron chi connectivity index (χ1n) is 28.1. The van der Waals surface area contributed by atoms with Crippen LogP contribution in [0.2, 0.25) is 0 Å². The van der Waals surface area contributed by atoms with Crippen molar-refractivity contribution in [3.8, 4) is 34.5 Å². The molecule has 0 spiro atoms. The lowest BCUT2D eigenvalue weighted by molar-refractivity contribution is 0.0755. The highest BCUT2D eigenvalue weighted by molar-refractivity contribution is 5.61. The minimum absolute atomic E-state index is 0.158. The van der Waals surface area contributed by atoms with Gasteiger partial charge < -0.3 is 34.6 Å². The number of rotatable bonds is 0. The zero-order valence-electron chi connectivity index (χ0n) is 50.0. The van der Waals surface area contributed by atoms with Crippen LogP contribution in [0.5, 0.6) is 34.5 Å². The summed E-state index contributed by atoms with van der Waals surface area (Å²) in [5.74, 6) is 2.19. The predicted octanol–water partition coefficient (Wildman–Crippen LogP) is 15.9. The van der Waals surface area contributed by atoms with Crippen LogP contribution < -0.4 is 9.47 Å². The molecule has 1 aliphatic carbocycles. The van der Waals surface area contributed by atoms with E-state index in [4.69, 9.17) is 14.2 Å². The standard InChI is InChI=1S/C70H90O7/c1-65(2,3)53-29-41-23-43-31-54(66(4,5)6)33-45(60(43)72)25-49-37-57(69(13,14)15)39-51-27-47-35-56(68(10,11)12)36-48(62(47)74)28-52-40-58(70(16,17)18)38-50(64(52)77-22-20-75-19-21-76-63(49)51)26-46-34-55(67(7,8)9)32-44(61(46)73)24-42(30-53)59(41)71/h29-40,71-74H,19-28H2,1-18H3. The Morgan fingerprint density at radius 2 is 0.403 bits per heavy atom. The first-order chi connectivity index (χ1) is 35.6. The van der Waals surface area contributed by atoms with Gasteiger partial charge in [0.25, 0.3) is 0 Å². The SMILES string of the molecule is CC(C)(C)c1cc2c(O)c(c1)Cc1cc(C(C)(C)C)cc(c1O)Cc1cc(C(C)(C)C)cc3c1OCCOCCOc1c(cc(C(C)(C)C)cc1Cc1cc(C(C)(C)C)cc(c1O)C3)Cc1cc(C(C)(C)C)cc(c1O)C2. The van der Waals surface area contributed by atoms with Crippen molar-refractivity contribution in [2.24, 2.45) is 0 Å². The molecule has 7 nitrogen and oxygen atoms in total. The Hall–Kier alpha value is -5.92. The van der Waals surface area contributed by atoms with E-state index in [2.05, 4.69) is 197 Å². The molecule has 6 aromatic carbocycles. The van der Waals surface area contributed by atoms with E-state index in [1.165, 1.54) is 0 Å². The quantitative estimate of drug-likeness (QED) is 0.112. The molecule has 6 aromatic rings. The lowest BCUT2D eigenvalue weighted by Gasteiger charge is -2.28. The van der Waals surface area contributed by atoms with Crippen LogP contribution in [0.25, 0.3) is 0 Å². The van der Waals surface area contributed by atoms with Gasteiger partial charge in [0.2, 0.25) is 0 Å². The van der Waals surface area contributed by atoms with Crippen LogP contribution in [0, 0.1) is 0 Å². The molecule has 0 atom stereocenters. The summed E-state index contributed by atoms with van der Waals surface area (Å²) in [6.45, 7) is 40.9. The third kappa shape index (κ3) is 12.7. The predicted molar refractivity (Wildman–Crippen MR) is 316 cm³/mol. The van der Waals surface area contributed by atoms with Crippen molar-refractivity contribution in [1.82, 2.24) is 0 Å². The highest BCUT2D eigenvalue weighted by Gasteiger charge is 2.30. The minimum atomic E-state index is -0.280. The molecule has 14 bridgehead atoms. The average molecular weight is 1040 g/mol. The third-order valence-corrected chi connectivity index (χ3v) is 16.0. The van der Waals surface area contributed by atoms with Gasteiger partial charge in [-0.15, -0.1) is 0 Å². The van der Waals surface area contributed by atoms with E-state index in [0.717, 1.165) is 101 Å². The zero-order valence-corrected chi connectivity index (χ0v) is 50.0. The van der Waals surface area contributed by atoms with Gasteiger partial charge in [0.15, 0.2) is 0 Å². The molecule has 0 amide bonds. The number of phenols is 4. The normalized spacial score (nSPS) is 15.2. The highest BCUT2D eigenvalue weighted by Crippen LogP contribution is 2.45. The molecule has 0 aromatic heterocycles. The van der Waals surface area contributed by atoms with Crippen LogP contribution in [-0.2, 0) is 75.8 Å². The molecule has 2 heterocycles. The van der Waals surface area contributed by atoms with Crippen molar-refractivity contribution in [2.75, 3.05) is 26.4 Å². The second-order valence-electron chi connectivity index (χ2n) is 28.7. The zero-order chi connectivity index (χ0) is 56.5. The molecule has 0 fully saturated rings. The summed E-state index contributed by atoms with van der Waals surface area (Å²) in [7, 11) is 0. The number of phenolic OH excluding ortho intramolecular Hbond substituents is 4. The summed E-state index contributed by atoms with van der Waals surface area (Å²) in [6.07, 6.45) is 2.07. The number of aromatic hydroxyl groups is 4. The fourth-order valence-corrected chi connectivity index (χ4v) is 10.9. The Bertz CT molecular complexity index is 3010. The maximum absolute atomic E-state index is 12.8. The highest BCUT2D eigenvalue weighted by atomic mass is 16.5. The van der Waals surface area contributed by atoms with Crippen molar-refractivity contribution in [3.63, 3.8) is 0 Å². The lowest BCUT2D eigenvalue weighted by atomic mass is 9.79. The van der Waals surface area contributed by atoms with Crippen LogP contribution in [0.3, 0.4) is 0 Å².